The number of nitrogens with zero attached hydrogens (tertiary/aromatic N) is 1. The van der Waals surface area contributed by atoms with Gasteiger partial charge >= 0.3 is 5.97 Å². The number of methoxy groups -OCH3 is 1. The van der Waals surface area contributed by atoms with Crippen LogP contribution in [-0.2, 0) is 19.1 Å². The largest absolute Gasteiger partial charge is 0.465 e. The number of hydrogen-bond acceptors (Lipinski definition) is 5. The third-order valence-electron chi connectivity index (χ3n) is 5.57. The van der Waals surface area contributed by atoms with Crippen LogP contribution in [0.3, 0.4) is 0 Å². The maximum absolute atomic E-state index is 12.9. The number of amides is 3. The quantitative estimate of drug-likeness (QED) is 0.525. The Labute approximate surface area is 163 Å². The minimum Gasteiger partial charge on any atom is -0.465 e. The Kier molecular flexibility index (Phi) is 6.08. The van der Waals surface area contributed by atoms with Gasteiger partial charge in [-0.15, -0.1) is 0 Å². The van der Waals surface area contributed by atoms with E-state index in [1.165, 1.54) is 18.9 Å². The monoisotopic (exact) mass is 388 g/mol. The second kappa shape index (κ2) is 8.52. The number of anilines is 1. The summed E-state index contributed by atoms with van der Waals surface area (Å²) in [6.07, 6.45) is 2.03. The lowest BCUT2D eigenvalue weighted by Gasteiger charge is -2.32. The highest BCUT2D eigenvalue weighted by atomic mass is 16.5. The Hall–Kier alpha value is -2.74. The molecule has 0 unspecified atom stereocenters. The van der Waals surface area contributed by atoms with Gasteiger partial charge in [0.25, 0.3) is 5.91 Å². The smallest absolute Gasteiger partial charge is 0.337 e. The molecule has 1 aromatic rings. The average Bonchev–Trinajstić information content (AvgIpc) is 3.00. The molecular formula is C20H26N3O5+. The molecule has 0 aromatic heterocycles. The molecule has 0 radical (unpaired) electrons. The molecule has 2 heterocycles. The lowest BCUT2D eigenvalue weighted by Crippen LogP contribution is -3.17. The molecule has 8 nitrogen and oxygen atoms in total. The van der Waals surface area contributed by atoms with Crippen LogP contribution in [0.1, 0.15) is 36.5 Å². The number of carbonyl (C=O) groups is 4. The Morgan fingerprint density at radius 3 is 2.39 bits per heavy atom. The third kappa shape index (κ3) is 4.22. The van der Waals surface area contributed by atoms with Crippen molar-refractivity contribution < 1.29 is 28.8 Å². The zero-order valence-corrected chi connectivity index (χ0v) is 16.2. The van der Waals surface area contributed by atoms with Gasteiger partial charge in [-0.25, -0.2) is 9.69 Å². The fraction of sp³-hybridized carbons (Fsp3) is 0.500. The molecule has 2 saturated heterocycles. The summed E-state index contributed by atoms with van der Waals surface area (Å²) in [5.41, 5.74) is 0.846. The number of likely N-dealkylation sites (tertiary alicyclic amines) is 1. The molecule has 1 aromatic carbocycles. The number of quaternary nitrogens is 1. The van der Waals surface area contributed by atoms with Gasteiger partial charge in [0.2, 0.25) is 11.8 Å². The molecule has 28 heavy (non-hydrogen) atoms. The van der Waals surface area contributed by atoms with E-state index in [1.54, 1.807) is 24.3 Å². The molecule has 0 aliphatic carbocycles. The summed E-state index contributed by atoms with van der Waals surface area (Å²) in [6, 6.07) is 5.93. The summed E-state index contributed by atoms with van der Waals surface area (Å²) >= 11 is 0. The van der Waals surface area contributed by atoms with E-state index in [0.717, 1.165) is 30.8 Å². The van der Waals surface area contributed by atoms with Gasteiger partial charge in [-0.3, -0.25) is 14.4 Å². The van der Waals surface area contributed by atoms with Crippen molar-refractivity contribution in [3.05, 3.63) is 29.8 Å². The number of esters is 1. The minimum atomic E-state index is -0.463. The molecule has 2 aliphatic heterocycles. The van der Waals surface area contributed by atoms with Gasteiger partial charge in [-0.05, 0) is 30.2 Å². The molecule has 0 saturated carbocycles. The van der Waals surface area contributed by atoms with Crippen molar-refractivity contribution in [3.8, 4) is 0 Å². The lowest BCUT2D eigenvalue weighted by molar-refractivity contribution is -0.920. The fourth-order valence-corrected chi connectivity index (χ4v) is 3.98. The van der Waals surface area contributed by atoms with Crippen molar-refractivity contribution in [2.75, 3.05) is 31.6 Å². The summed E-state index contributed by atoms with van der Waals surface area (Å²) in [5.74, 6) is -0.475. The van der Waals surface area contributed by atoms with E-state index in [4.69, 9.17) is 0 Å². The van der Waals surface area contributed by atoms with Crippen LogP contribution in [0.4, 0.5) is 5.69 Å². The summed E-state index contributed by atoms with van der Waals surface area (Å²) in [7, 11) is 1.30. The summed E-state index contributed by atoms with van der Waals surface area (Å²) in [5, 5.41) is 2.85. The summed E-state index contributed by atoms with van der Waals surface area (Å²) in [6.45, 7) is 3.79. The van der Waals surface area contributed by atoms with Crippen molar-refractivity contribution in [1.82, 2.24) is 5.32 Å². The number of hydrogen-bond donors (Lipinski definition) is 2. The van der Waals surface area contributed by atoms with E-state index in [9.17, 15) is 19.2 Å². The van der Waals surface area contributed by atoms with Crippen LogP contribution in [0.2, 0.25) is 0 Å². The maximum atomic E-state index is 12.9. The average molecular weight is 388 g/mol. The molecule has 0 spiro atoms. The van der Waals surface area contributed by atoms with Crippen molar-refractivity contribution >= 4 is 29.4 Å². The van der Waals surface area contributed by atoms with Crippen molar-refractivity contribution in [1.29, 1.82) is 0 Å². The van der Waals surface area contributed by atoms with Crippen molar-refractivity contribution in [2.45, 2.75) is 32.2 Å². The van der Waals surface area contributed by atoms with E-state index in [-0.39, 0.29) is 30.2 Å². The number of nitrogens with one attached hydrogen (secondary N) is 2. The zero-order chi connectivity index (χ0) is 20.3. The van der Waals surface area contributed by atoms with Gasteiger partial charge in [-0.2, -0.15) is 0 Å². The molecular weight excluding hydrogens is 362 g/mol. The molecule has 150 valence electrons. The first kappa shape index (κ1) is 20.0. The van der Waals surface area contributed by atoms with Gasteiger partial charge in [0.05, 0.1) is 37.9 Å². The first-order chi connectivity index (χ1) is 13.4. The Balaban J connectivity index is 1.62. The molecule has 8 heteroatoms. The second-order valence-corrected chi connectivity index (χ2v) is 7.40. The third-order valence-corrected chi connectivity index (χ3v) is 5.57. The van der Waals surface area contributed by atoms with Crippen LogP contribution < -0.4 is 15.1 Å². The Morgan fingerprint density at radius 2 is 1.82 bits per heavy atom. The van der Waals surface area contributed by atoms with Gasteiger partial charge in [0, 0.05) is 26.3 Å². The van der Waals surface area contributed by atoms with Crippen LogP contribution in [0.5, 0.6) is 0 Å². The van der Waals surface area contributed by atoms with Crippen molar-refractivity contribution in [3.63, 3.8) is 0 Å². The number of piperidine rings is 1. The topological polar surface area (TPSA) is 97.2 Å². The molecule has 2 N–H and O–H groups in total. The number of rotatable bonds is 5. The molecule has 2 aliphatic rings. The van der Waals surface area contributed by atoms with E-state index in [2.05, 4.69) is 10.1 Å². The lowest BCUT2D eigenvalue weighted by atomic mass is 9.95. The number of imide groups is 1. The maximum Gasteiger partial charge on any atom is 0.337 e. The second-order valence-electron chi connectivity index (χ2n) is 7.40. The standard InChI is InChI=1S/C20H25N3O5/c1-13(24)21-12-14-7-9-22(10-8-14)17-11-18(25)23(19(17)26)16-5-3-15(4-6-16)20(27)28-2/h3-6,14,17H,7-12H2,1-2H3,(H,21,24)/p+1/t17-/m1/s1. The fourth-order valence-electron chi connectivity index (χ4n) is 3.98. The highest BCUT2D eigenvalue weighted by Crippen LogP contribution is 2.23. The van der Waals surface area contributed by atoms with Gasteiger partial charge in [0.1, 0.15) is 0 Å². The van der Waals surface area contributed by atoms with Crippen LogP contribution >= 0.6 is 0 Å². The SMILES string of the molecule is COC(=O)c1ccc(N2C(=O)C[C@@H]([NH+]3CCC(CNC(C)=O)CC3)C2=O)cc1. The normalized spacial score (nSPS) is 24.9. The number of benzene rings is 1. The predicted molar refractivity (Wildman–Crippen MR) is 101 cm³/mol. The Morgan fingerprint density at radius 1 is 1.18 bits per heavy atom. The molecule has 3 amide bonds. The summed E-state index contributed by atoms with van der Waals surface area (Å²) < 4.78 is 4.67. The van der Waals surface area contributed by atoms with Crippen LogP contribution in [0.15, 0.2) is 24.3 Å². The minimum absolute atomic E-state index is 0.0276. The van der Waals surface area contributed by atoms with Gasteiger partial charge in [0.15, 0.2) is 6.04 Å². The molecule has 2 fully saturated rings. The van der Waals surface area contributed by atoms with Crippen molar-refractivity contribution in [2.24, 2.45) is 5.92 Å². The van der Waals surface area contributed by atoms with Crippen LogP contribution in [0, 0.1) is 5.92 Å². The van der Waals surface area contributed by atoms with Crippen LogP contribution in [-0.4, -0.2) is 56.5 Å². The molecule has 1 atom stereocenters. The molecule has 3 rings (SSSR count). The number of ether oxygens (including phenoxy) is 1. The van der Waals surface area contributed by atoms with Gasteiger partial charge < -0.3 is 15.0 Å². The van der Waals surface area contributed by atoms with Crippen LogP contribution in [0.25, 0.3) is 0 Å². The Bertz CT molecular complexity index is 769. The predicted octanol–water partition coefficient (Wildman–Crippen LogP) is -0.464. The highest BCUT2D eigenvalue weighted by Gasteiger charge is 2.46. The van der Waals surface area contributed by atoms with E-state index in [0.29, 0.717) is 23.7 Å². The first-order valence-corrected chi connectivity index (χ1v) is 9.55. The van der Waals surface area contributed by atoms with E-state index < -0.39 is 5.97 Å². The van der Waals surface area contributed by atoms with Gasteiger partial charge in [-0.1, -0.05) is 0 Å². The summed E-state index contributed by atoms with van der Waals surface area (Å²) in [4.78, 5) is 50.4. The van der Waals surface area contributed by atoms with E-state index in [1.807, 2.05) is 0 Å². The highest BCUT2D eigenvalue weighted by molar-refractivity contribution is 6.21. The number of carbonyl (C=O) groups excluding carboxylic acids is 4. The molecule has 0 bridgehead atoms. The van der Waals surface area contributed by atoms with E-state index >= 15 is 0 Å². The zero-order valence-electron chi connectivity index (χ0n) is 16.2. The first-order valence-electron chi connectivity index (χ1n) is 9.55.